The molecule has 2 heterocycles. The number of hydrogen-bond acceptors (Lipinski definition) is 3. The van der Waals surface area contributed by atoms with Gasteiger partial charge in [0.1, 0.15) is 5.84 Å². The van der Waals surface area contributed by atoms with Gasteiger partial charge in [-0.05, 0) is 93.4 Å². The van der Waals surface area contributed by atoms with E-state index in [2.05, 4.69) is 79.5 Å². The first-order valence-corrected chi connectivity index (χ1v) is 13.7. The highest BCUT2D eigenvalue weighted by molar-refractivity contribution is 6.16. The van der Waals surface area contributed by atoms with Crippen LogP contribution in [0.1, 0.15) is 76.1 Å². The molecule has 2 radical (unpaired) electrons. The van der Waals surface area contributed by atoms with Crippen molar-refractivity contribution in [2.45, 2.75) is 84.6 Å². The lowest BCUT2D eigenvalue weighted by molar-refractivity contribution is -0.0146. The number of piperidine rings is 1. The van der Waals surface area contributed by atoms with Crippen molar-refractivity contribution in [3.05, 3.63) is 47.0 Å². The van der Waals surface area contributed by atoms with Gasteiger partial charge in [0.05, 0.1) is 13.9 Å². The second-order valence-corrected chi connectivity index (χ2v) is 12.6. The molecule has 0 bridgehead atoms. The average Bonchev–Trinajstić information content (AvgIpc) is 2.74. The van der Waals surface area contributed by atoms with Crippen molar-refractivity contribution in [1.29, 1.82) is 0 Å². The van der Waals surface area contributed by atoms with Gasteiger partial charge in [0, 0.05) is 26.2 Å². The van der Waals surface area contributed by atoms with Gasteiger partial charge in [0.2, 0.25) is 0 Å². The maximum Gasteiger partial charge on any atom is 0.199 e. The van der Waals surface area contributed by atoms with Gasteiger partial charge in [-0.2, -0.15) is 0 Å². The number of likely N-dealkylation sites (tertiary alicyclic amines) is 2. The number of rotatable bonds is 5. The molecule has 0 aromatic heterocycles. The molecule has 2 atom stereocenters. The van der Waals surface area contributed by atoms with Crippen molar-refractivity contribution in [3.8, 4) is 0 Å². The Morgan fingerprint density at radius 3 is 2.50 bits per heavy atom. The monoisotopic (exact) mass is 487 g/mol. The van der Waals surface area contributed by atoms with Gasteiger partial charge in [-0.25, -0.2) is 0 Å². The normalized spacial score (nSPS) is 26.8. The summed E-state index contributed by atoms with van der Waals surface area (Å²) < 4.78 is 0. The van der Waals surface area contributed by atoms with Crippen LogP contribution in [-0.4, -0.2) is 68.7 Å². The van der Waals surface area contributed by atoms with E-state index in [0.717, 1.165) is 49.5 Å². The van der Waals surface area contributed by atoms with Crippen LogP contribution in [0.25, 0.3) is 0 Å². The van der Waals surface area contributed by atoms with E-state index in [1.54, 1.807) is 0 Å². The first-order valence-electron chi connectivity index (χ1n) is 13.7. The van der Waals surface area contributed by atoms with Crippen LogP contribution in [0.3, 0.4) is 0 Å². The van der Waals surface area contributed by atoms with Crippen LogP contribution in [0.15, 0.2) is 40.3 Å². The van der Waals surface area contributed by atoms with Gasteiger partial charge in [0.25, 0.3) is 0 Å². The van der Waals surface area contributed by atoms with Crippen molar-refractivity contribution in [2.24, 2.45) is 21.3 Å². The molecular weight excluding hydrogens is 441 g/mol. The Hall–Kier alpha value is -2.08. The Kier molecular flexibility index (Phi) is 7.76. The lowest BCUT2D eigenvalue weighted by atomic mass is 9.54. The van der Waals surface area contributed by atoms with Crippen molar-refractivity contribution in [1.82, 2.24) is 15.1 Å². The van der Waals surface area contributed by atoms with Crippen LogP contribution in [0.2, 0.25) is 5.31 Å². The summed E-state index contributed by atoms with van der Waals surface area (Å²) in [6.07, 6.45) is 4.94. The quantitative estimate of drug-likeness (QED) is 0.341. The molecule has 4 rings (SSSR count). The number of aliphatic imine (C=N–C) groups is 2. The molecule has 1 aliphatic carbocycles. The van der Waals surface area contributed by atoms with Gasteiger partial charge in [-0.15, -0.1) is 0 Å². The van der Waals surface area contributed by atoms with E-state index in [4.69, 9.17) is 12.8 Å². The summed E-state index contributed by atoms with van der Waals surface area (Å²) in [6.45, 7) is 21.5. The van der Waals surface area contributed by atoms with Crippen LogP contribution in [-0.2, 0) is 0 Å². The smallest absolute Gasteiger partial charge is 0.199 e. The molecule has 6 heteroatoms. The van der Waals surface area contributed by atoms with Gasteiger partial charge in [-0.1, -0.05) is 50.6 Å². The van der Waals surface area contributed by atoms with Crippen LogP contribution in [0, 0.1) is 25.2 Å². The molecule has 2 aliphatic heterocycles. The molecule has 5 nitrogen and oxygen atoms in total. The lowest BCUT2D eigenvalue weighted by Crippen LogP contribution is -2.62. The van der Waals surface area contributed by atoms with Crippen LogP contribution in [0.4, 0.5) is 0 Å². The fraction of sp³-hybridized carbons (Fsp3) is 0.667. The summed E-state index contributed by atoms with van der Waals surface area (Å²) in [5, 5.41) is 3.40. The van der Waals surface area contributed by atoms with Crippen LogP contribution in [0.5, 0.6) is 0 Å². The highest BCUT2D eigenvalue weighted by Crippen LogP contribution is 2.49. The summed E-state index contributed by atoms with van der Waals surface area (Å²) >= 11 is 0. The molecule has 0 amide bonds. The molecule has 1 aromatic rings. The number of nitrogens with zero attached hydrogens (tertiary/aromatic N) is 4. The topological polar surface area (TPSA) is 43.2 Å². The molecule has 36 heavy (non-hydrogen) atoms. The Labute approximate surface area is 220 Å². The summed E-state index contributed by atoms with van der Waals surface area (Å²) in [5.74, 6) is 2.15. The Morgan fingerprint density at radius 2 is 1.92 bits per heavy atom. The van der Waals surface area contributed by atoms with E-state index < -0.39 is 0 Å². The van der Waals surface area contributed by atoms with Crippen molar-refractivity contribution in [2.75, 3.05) is 33.2 Å². The second-order valence-electron chi connectivity index (χ2n) is 12.6. The molecule has 1 N–H and O–H groups in total. The summed E-state index contributed by atoms with van der Waals surface area (Å²) in [4.78, 5) is 14.6. The minimum Gasteiger partial charge on any atom is -0.342 e. The number of benzene rings is 1. The van der Waals surface area contributed by atoms with Crippen molar-refractivity contribution in [3.63, 3.8) is 0 Å². The third kappa shape index (κ3) is 5.74. The zero-order valence-corrected chi connectivity index (χ0v) is 23.7. The molecule has 3 fully saturated rings. The second kappa shape index (κ2) is 10.4. The Balaban J connectivity index is 1.38. The third-order valence-corrected chi connectivity index (χ3v) is 8.72. The van der Waals surface area contributed by atoms with Gasteiger partial charge in [0.15, 0.2) is 5.96 Å². The summed E-state index contributed by atoms with van der Waals surface area (Å²) in [5.41, 5.74) is 5.19. The maximum atomic E-state index is 7.08. The van der Waals surface area contributed by atoms with E-state index >= 15 is 0 Å². The van der Waals surface area contributed by atoms with Crippen LogP contribution < -0.4 is 5.32 Å². The highest BCUT2D eigenvalue weighted by Gasteiger charge is 2.48. The molecule has 3 aliphatic rings. The first-order chi connectivity index (χ1) is 16.9. The fourth-order valence-electron chi connectivity index (χ4n) is 6.47. The first kappa shape index (κ1) is 27.0. The van der Waals surface area contributed by atoms with Crippen LogP contribution >= 0.6 is 0 Å². The van der Waals surface area contributed by atoms with Crippen molar-refractivity contribution < 1.29 is 0 Å². The van der Waals surface area contributed by atoms with E-state index in [0.29, 0.717) is 11.3 Å². The van der Waals surface area contributed by atoms with Gasteiger partial charge in [-0.3, -0.25) is 9.98 Å². The molecular formula is C30H46BN5. The number of nitrogens with one attached hydrogen (secondary N) is 1. The number of amidine groups is 1. The van der Waals surface area contributed by atoms with E-state index in [9.17, 15) is 0 Å². The molecule has 0 unspecified atom stereocenters. The standard InChI is InChI=1S/C30H46BN5/c1-20(2)27(33-23(5)26-11-10-21(3)14-22(26)4)34-28(32-8)36-17-24(18-36)30(31)12-9-13-35(19-30)25-15-29(6,7)16-25/h10-11,14,23-25H,1,9,12-13,15-19H2,2-8H3,(H,32,33,34)/t23-,30-/m1/s1. The molecule has 1 aromatic carbocycles. The Morgan fingerprint density at radius 1 is 1.22 bits per heavy atom. The maximum absolute atomic E-state index is 7.08. The number of guanidine groups is 1. The SMILES string of the molecule is [B][C@]1(C2CN(C(=NC)NC(=N[C@H](C)c3ccc(C)cc3C)C(=C)C)C2)CCCN(C2CC(C)(C)C2)C1. The largest absolute Gasteiger partial charge is 0.342 e. The predicted octanol–water partition coefficient (Wildman–Crippen LogP) is 5.46. The third-order valence-electron chi connectivity index (χ3n) is 8.72. The predicted molar refractivity (Wildman–Crippen MR) is 154 cm³/mol. The van der Waals surface area contributed by atoms with E-state index in [1.165, 1.54) is 42.5 Å². The van der Waals surface area contributed by atoms with E-state index in [1.807, 2.05) is 14.0 Å². The zero-order valence-electron chi connectivity index (χ0n) is 23.7. The average molecular weight is 488 g/mol. The number of hydrogen-bond donors (Lipinski definition) is 1. The number of aryl methyl sites for hydroxylation is 2. The van der Waals surface area contributed by atoms with Crippen molar-refractivity contribution >= 4 is 19.6 Å². The molecule has 2 saturated heterocycles. The van der Waals surface area contributed by atoms with Gasteiger partial charge < -0.3 is 15.1 Å². The fourth-order valence-corrected chi connectivity index (χ4v) is 6.47. The molecule has 1 saturated carbocycles. The highest BCUT2D eigenvalue weighted by atomic mass is 15.3. The molecule has 0 spiro atoms. The van der Waals surface area contributed by atoms with E-state index in [-0.39, 0.29) is 11.4 Å². The minimum atomic E-state index is -0.101. The minimum absolute atomic E-state index is 0.0315. The molecule has 194 valence electrons. The van der Waals surface area contributed by atoms with Gasteiger partial charge >= 0.3 is 0 Å². The Bertz CT molecular complexity index is 1030. The lowest BCUT2D eigenvalue weighted by Gasteiger charge is -2.57. The summed E-state index contributed by atoms with van der Waals surface area (Å²) in [6, 6.07) is 7.31. The summed E-state index contributed by atoms with van der Waals surface area (Å²) in [7, 11) is 8.93. The zero-order chi connectivity index (χ0) is 26.3.